The molecule has 6 heteroatoms. The molecule has 1 saturated carbocycles. The number of nitrogens with two attached hydrogens (primary N) is 1. The van der Waals surface area contributed by atoms with Crippen LogP contribution in [0.5, 0.6) is 0 Å². The predicted octanol–water partition coefficient (Wildman–Crippen LogP) is 3.26. The molecule has 0 aliphatic heterocycles. The third kappa shape index (κ3) is 2.50. The third-order valence-corrected chi connectivity index (χ3v) is 5.18. The highest BCUT2D eigenvalue weighted by atomic mass is 32.1. The van der Waals surface area contributed by atoms with Crippen LogP contribution in [0, 0.1) is 12.8 Å². The summed E-state index contributed by atoms with van der Waals surface area (Å²) in [5, 5.41) is 5.11. The van der Waals surface area contributed by atoms with Crippen molar-refractivity contribution in [3.8, 4) is 10.8 Å². The van der Waals surface area contributed by atoms with E-state index in [1.165, 1.54) is 6.42 Å². The van der Waals surface area contributed by atoms with E-state index >= 15 is 0 Å². The van der Waals surface area contributed by atoms with Crippen LogP contribution in [0.25, 0.3) is 10.8 Å². The van der Waals surface area contributed by atoms with E-state index in [2.05, 4.69) is 22.0 Å². The molecule has 0 aromatic carbocycles. The van der Waals surface area contributed by atoms with Crippen molar-refractivity contribution in [2.24, 2.45) is 11.7 Å². The van der Waals surface area contributed by atoms with Crippen LogP contribution in [-0.2, 0) is 5.54 Å². The monoisotopic (exact) mass is 292 g/mol. The summed E-state index contributed by atoms with van der Waals surface area (Å²) in [6.45, 7) is 4.20. The average Bonchev–Trinajstić information content (AvgIpc) is 3.08. The zero-order valence-corrected chi connectivity index (χ0v) is 12.7. The van der Waals surface area contributed by atoms with Gasteiger partial charge < -0.3 is 10.3 Å². The van der Waals surface area contributed by atoms with Gasteiger partial charge in [0.05, 0.1) is 16.7 Å². The van der Waals surface area contributed by atoms with Gasteiger partial charge in [0, 0.05) is 0 Å². The Morgan fingerprint density at radius 1 is 1.45 bits per heavy atom. The smallest absolute Gasteiger partial charge is 0.269 e. The Labute approximate surface area is 122 Å². The number of hydrogen-bond acceptors (Lipinski definition) is 6. The lowest BCUT2D eigenvalue weighted by Gasteiger charge is -2.34. The highest BCUT2D eigenvalue weighted by molar-refractivity contribution is 7.14. The Morgan fingerprint density at radius 2 is 2.20 bits per heavy atom. The first-order valence-electron chi connectivity index (χ1n) is 7.16. The van der Waals surface area contributed by atoms with E-state index < -0.39 is 5.54 Å². The zero-order chi connectivity index (χ0) is 14.2. The lowest BCUT2D eigenvalue weighted by atomic mass is 9.76. The molecular weight excluding hydrogens is 272 g/mol. The number of nitrogens with zero attached hydrogens (tertiary/aromatic N) is 3. The van der Waals surface area contributed by atoms with E-state index in [1.807, 2.05) is 6.92 Å². The van der Waals surface area contributed by atoms with Gasteiger partial charge in [-0.25, -0.2) is 4.98 Å². The van der Waals surface area contributed by atoms with Crippen molar-refractivity contribution >= 4 is 11.3 Å². The van der Waals surface area contributed by atoms with Gasteiger partial charge in [-0.3, -0.25) is 0 Å². The predicted molar refractivity (Wildman–Crippen MR) is 78.3 cm³/mol. The van der Waals surface area contributed by atoms with Gasteiger partial charge in [-0.05, 0) is 38.5 Å². The first-order valence-corrected chi connectivity index (χ1v) is 7.98. The van der Waals surface area contributed by atoms with E-state index in [1.54, 1.807) is 17.5 Å². The lowest BCUT2D eigenvalue weighted by molar-refractivity contribution is 0.216. The summed E-state index contributed by atoms with van der Waals surface area (Å²) in [4.78, 5) is 9.63. The summed E-state index contributed by atoms with van der Waals surface area (Å²) >= 11 is 1.56. The molecule has 0 unspecified atom stereocenters. The molecular formula is C14H20N4OS. The molecule has 2 N–H and O–H groups in total. The maximum absolute atomic E-state index is 6.50. The maximum atomic E-state index is 6.50. The standard InChI is InChI=1S/C14H20N4OS/c1-3-10-4-6-14(15,7-5-10)13-17-12(19-18-13)11-8-16-9(2)20-11/h8,10H,3-7,15H2,1-2H3. The Hall–Kier alpha value is -1.27. The van der Waals surface area contributed by atoms with Crippen molar-refractivity contribution < 1.29 is 4.52 Å². The molecule has 2 heterocycles. The zero-order valence-electron chi connectivity index (χ0n) is 11.9. The SMILES string of the molecule is CCC1CCC(N)(c2noc(-c3cnc(C)s3)n2)CC1. The van der Waals surface area contributed by atoms with Crippen LogP contribution in [0.2, 0.25) is 0 Å². The van der Waals surface area contributed by atoms with Crippen molar-refractivity contribution in [2.75, 3.05) is 0 Å². The van der Waals surface area contributed by atoms with Gasteiger partial charge in [-0.2, -0.15) is 4.98 Å². The van der Waals surface area contributed by atoms with Gasteiger partial charge in [-0.15, -0.1) is 11.3 Å². The van der Waals surface area contributed by atoms with Gasteiger partial charge in [0.1, 0.15) is 4.88 Å². The Kier molecular flexibility index (Phi) is 3.60. The first-order chi connectivity index (χ1) is 9.60. The fourth-order valence-corrected chi connectivity index (χ4v) is 3.51. The number of aromatic nitrogens is 3. The molecule has 0 spiro atoms. The van der Waals surface area contributed by atoms with E-state index in [-0.39, 0.29) is 0 Å². The largest absolute Gasteiger partial charge is 0.333 e. The normalized spacial score (nSPS) is 26.9. The fourth-order valence-electron chi connectivity index (χ4n) is 2.81. The molecule has 2 aromatic rings. The molecule has 5 nitrogen and oxygen atoms in total. The summed E-state index contributed by atoms with van der Waals surface area (Å²) in [5.74, 6) is 1.98. The van der Waals surface area contributed by atoms with Gasteiger partial charge in [-0.1, -0.05) is 18.5 Å². The first kappa shape index (κ1) is 13.7. The van der Waals surface area contributed by atoms with Crippen molar-refractivity contribution in [3.63, 3.8) is 0 Å². The van der Waals surface area contributed by atoms with Gasteiger partial charge >= 0.3 is 0 Å². The van der Waals surface area contributed by atoms with E-state index in [4.69, 9.17) is 10.3 Å². The van der Waals surface area contributed by atoms with Crippen LogP contribution >= 0.6 is 11.3 Å². The topological polar surface area (TPSA) is 77.8 Å². The molecule has 3 rings (SSSR count). The summed E-state index contributed by atoms with van der Waals surface area (Å²) < 4.78 is 5.36. The fraction of sp³-hybridized carbons (Fsp3) is 0.643. The van der Waals surface area contributed by atoms with Crippen LogP contribution in [-0.4, -0.2) is 15.1 Å². The van der Waals surface area contributed by atoms with E-state index in [0.29, 0.717) is 11.7 Å². The Morgan fingerprint density at radius 3 is 2.80 bits per heavy atom. The number of hydrogen-bond donors (Lipinski definition) is 1. The van der Waals surface area contributed by atoms with Crippen molar-refractivity contribution in [1.29, 1.82) is 0 Å². The van der Waals surface area contributed by atoms with Crippen LogP contribution < -0.4 is 5.73 Å². The maximum Gasteiger partial charge on any atom is 0.269 e. The highest BCUT2D eigenvalue weighted by Gasteiger charge is 2.37. The minimum atomic E-state index is -0.423. The van der Waals surface area contributed by atoms with E-state index in [9.17, 15) is 0 Å². The average molecular weight is 292 g/mol. The second kappa shape index (κ2) is 5.26. The number of aryl methyl sites for hydroxylation is 1. The molecule has 1 aliphatic carbocycles. The summed E-state index contributed by atoms with van der Waals surface area (Å²) in [6.07, 6.45) is 7.17. The third-order valence-electron chi connectivity index (χ3n) is 4.28. The molecule has 2 aromatic heterocycles. The molecule has 1 aliphatic rings. The van der Waals surface area contributed by atoms with Crippen molar-refractivity contribution in [2.45, 2.75) is 51.5 Å². The van der Waals surface area contributed by atoms with Crippen molar-refractivity contribution in [1.82, 2.24) is 15.1 Å². The quantitative estimate of drug-likeness (QED) is 0.939. The minimum absolute atomic E-state index is 0.423. The van der Waals surface area contributed by atoms with Crippen LogP contribution in [0.15, 0.2) is 10.7 Å². The Balaban J connectivity index is 1.80. The molecule has 0 amide bonds. The van der Waals surface area contributed by atoms with Gasteiger partial charge in [0.2, 0.25) is 0 Å². The van der Waals surface area contributed by atoms with Crippen LogP contribution in [0.4, 0.5) is 0 Å². The molecule has 0 radical (unpaired) electrons. The number of thiazole rings is 1. The summed E-state index contributed by atoms with van der Waals surface area (Å²) in [5.41, 5.74) is 6.07. The molecule has 0 atom stereocenters. The molecule has 108 valence electrons. The summed E-state index contributed by atoms with van der Waals surface area (Å²) in [6, 6.07) is 0. The van der Waals surface area contributed by atoms with Crippen LogP contribution in [0.3, 0.4) is 0 Å². The van der Waals surface area contributed by atoms with Gasteiger partial charge in [0.15, 0.2) is 5.82 Å². The van der Waals surface area contributed by atoms with E-state index in [0.717, 1.165) is 41.5 Å². The van der Waals surface area contributed by atoms with Gasteiger partial charge in [0.25, 0.3) is 5.89 Å². The molecule has 1 fully saturated rings. The summed E-state index contributed by atoms with van der Waals surface area (Å²) in [7, 11) is 0. The lowest BCUT2D eigenvalue weighted by Crippen LogP contribution is -2.41. The number of rotatable bonds is 3. The molecule has 0 saturated heterocycles. The highest BCUT2D eigenvalue weighted by Crippen LogP contribution is 2.38. The van der Waals surface area contributed by atoms with Crippen LogP contribution in [0.1, 0.15) is 49.9 Å². The minimum Gasteiger partial charge on any atom is -0.333 e. The van der Waals surface area contributed by atoms with Crippen molar-refractivity contribution in [3.05, 3.63) is 17.0 Å². The Bertz CT molecular complexity index is 584. The molecule has 0 bridgehead atoms. The second-order valence-corrected chi connectivity index (χ2v) is 6.91. The molecule has 20 heavy (non-hydrogen) atoms. The second-order valence-electron chi connectivity index (χ2n) is 5.67.